The molecule has 0 aromatic carbocycles. The highest BCUT2D eigenvalue weighted by Crippen LogP contribution is 2.30. The van der Waals surface area contributed by atoms with Gasteiger partial charge in [-0.1, -0.05) is 26.2 Å². The fourth-order valence-electron chi connectivity index (χ4n) is 3.16. The van der Waals surface area contributed by atoms with Crippen LogP contribution in [0, 0.1) is 11.8 Å². The molecule has 2 atom stereocenters. The molecule has 1 aliphatic rings. The number of ketones is 1. The number of nitrogens with zero attached hydrogens (tertiary/aromatic N) is 1. The van der Waals surface area contributed by atoms with Crippen LogP contribution in [0.15, 0.2) is 0 Å². The number of unbranched alkanes of at least 4 members (excludes halogenated alkanes) is 1. The molecule has 1 saturated carbocycles. The van der Waals surface area contributed by atoms with Crippen LogP contribution < -0.4 is 5.32 Å². The van der Waals surface area contributed by atoms with E-state index in [1.807, 2.05) is 0 Å². The van der Waals surface area contributed by atoms with Crippen LogP contribution in [0.5, 0.6) is 0 Å². The van der Waals surface area contributed by atoms with Gasteiger partial charge in [-0.3, -0.25) is 9.59 Å². The van der Waals surface area contributed by atoms with E-state index in [-0.39, 0.29) is 23.5 Å². The van der Waals surface area contributed by atoms with Crippen molar-refractivity contribution in [3.63, 3.8) is 0 Å². The molecule has 4 nitrogen and oxygen atoms in total. The first-order valence-electron chi connectivity index (χ1n) is 8.53. The van der Waals surface area contributed by atoms with Crippen LogP contribution in [0.4, 0.5) is 0 Å². The van der Waals surface area contributed by atoms with Gasteiger partial charge in [0.15, 0.2) is 0 Å². The predicted molar refractivity (Wildman–Crippen MR) is 86.2 cm³/mol. The number of carbonyl (C=O) groups excluding carboxylic acids is 2. The average molecular weight is 296 g/mol. The van der Waals surface area contributed by atoms with Crippen LogP contribution in [0.2, 0.25) is 0 Å². The zero-order valence-electron chi connectivity index (χ0n) is 14.0. The second-order valence-corrected chi connectivity index (χ2v) is 6.41. The van der Waals surface area contributed by atoms with Crippen LogP contribution >= 0.6 is 0 Å². The minimum Gasteiger partial charge on any atom is -0.356 e. The molecule has 0 aromatic heterocycles. The van der Waals surface area contributed by atoms with Crippen LogP contribution in [-0.4, -0.2) is 43.3 Å². The smallest absolute Gasteiger partial charge is 0.223 e. The zero-order valence-corrected chi connectivity index (χ0v) is 14.0. The maximum atomic E-state index is 12.3. The Morgan fingerprint density at radius 1 is 1.10 bits per heavy atom. The molecule has 0 aliphatic heterocycles. The van der Waals surface area contributed by atoms with Gasteiger partial charge in [-0.05, 0) is 52.7 Å². The van der Waals surface area contributed by atoms with Gasteiger partial charge in [0, 0.05) is 18.4 Å². The molecule has 122 valence electrons. The van der Waals surface area contributed by atoms with Gasteiger partial charge in [-0.15, -0.1) is 0 Å². The fourth-order valence-corrected chi connectivity index (χ4v) is 3.16. The number of hydrogen-bond donors (Lipinski definition) is 1. The van der Waals surface area contributed by atoms with E-state index in [0.29, 0.717) is 0 Å². The molecule has 21 heavy (non-hydrogen) atoms. The van der Waals surface area contributed by atoms with E-state index in [2.05, 4.69) is 24.2 Å². The summed E-state index contributed by atoms with van der Waals surface area (Å²) in [6, 6.07) is 0. The highest BCUT2D eigenvalue weighted by molar-refractivity contribution is 5.87. The summed E-state index contributed by atoms with van der Waals surface area (Å²) in [7, 11) is 2.13. The number of hydrogen-bond acceptors (Lipinski definition) is 3. The highest BCUT2D eigenvalue weighted by atomic mass is 16.2. The Morgan fingerprint density at radius 3 is 2.33 bits per heavy atom. The number of carbonyl (C=O) groups is 2. The van der Waals surface area contributed by atoms with E-state index < -0.39 is 0 Å². The lowest BCUT2D eigenvalue weighted by atomic mass is 9.77. The van der Waals surface area contributed by atoms with Crippen LogP contribution in [0.25, 0.3) is 0 Å². The first-order valence-corrected chi connectivity index (χ1v) is 8.53. The molecule has 0 aromatic rings. The number of Topliss-reactive ketones (excluding diaryl/α,β-unsaturated/α-hetero) is 1. The number of nitrogens with one attached hydrogen (secondary N) is 1. The Labute approximate surface area is 129 Å². The fraction of sp³-hybridized carbons (Fsp3) is 0.882. The third-order valence-electron chi connectivity index (χ3n) is 4.53. The maximum absolute atomic E-state index is 12.3. The predicted octanol–water partition coefficient (Wildman–Crippen LogP) is 2.62. The molecule has 1 amide bonds. The SMILES string of the molecule is CCCCN(C)CCCNC(=O)[C@@H]1CCCC[C@@H]1C(C)=O. The van der Waals surface area contributed by atoms with Gasteiger partial charge in [0.05, 0.1) is 0 Å². The maximum Gasteiger partial charge on any atom is 0.223 e. The second-order valence-electron chi connectivity index (χ2n) is 6.41. The van der Waals surface area contributed by atoms with Gasteiger partial charge < -0.3 is 10.2 Å². The van der Waals surface area contributed by atoms with E-state index >= 15 is 0 Å². The third-order valence-corrected chi connectivity index (χ3v) is 4.53. The first kappa shape index (κ1) is 18.1. The summed E-state index contributed by atoms with van der Waals surface area (Å²) in [6.45, 7) is 6.68. The van der Waals surface area contributed by atoms with E-state index in [1.165, 1.54) is 12.8 Å². The molecule has 0 saturated heterocycles. The van der Waals surface area contributed by atoms with Gasteiger partial charge in [0.2, 0.25) is 5.91 Å². The molecule has 1 N–H and O–H groups in total. The standard InChI is InChI=1S/C17H32N2O2/c1-4-5-12-19(3)13-8-11-18-17(21)16-10-7-6-9-15(16)14(2)20/h15-16H,4-13H2,1-3H3,(H,18,21)/t15-,16-/m1/s1. The number of amides is 1. The van der Waals surface area contributed by atoms with Crippen molar-refractivity contribution in [2.24, 2.45) is 11.8 Å². The zero-order chi connectivity index (χ0) is 15.7. The lowest BCUT2D eigenvalue weighted by Crippen LogP contribution is -2.40. The van der Waals surface area contributed by atoms with E-state index in [9.17, 15) is 9.59 Å². The Balaban J connectivity index is 2.24. The summed E-state index contributed by atoms with van der Waals surface area (Å²) in [6.07, 6.45) is 7.32. The van der Waals surface area contributed by atoms with Crippen molar-refractivity contribution < 1.29 is 9.59 Å². The number of rotatable bonds is 9. The largest absolute Gasteiger partial charge is 0.356 e. The molecule has 0 bridgehead atoms. The summed E-state index contributed by atoms with van der Waals surface area (Å²) < 4.78 is 0. The highest BCUT2D eigenvalue weighted by Gasteiger charge is 2.33. The summed E-state index contributed by atoms with van der Waals surface area (Å²) in [5, 5.41) is 3.03. The molecule has 0 radical (unpaired) electrons. The van der Waals surface area contributed by atoms with Crippen molar-refractivity contribution in [1.29, 1.82) is 0 Å². The minimum atomic E-state index is -0.0888. The first-order chi connectivity index (χ1) is 10.1. The van der Waals surface area contributed by atoms with Gasteiger partial charge in [0.25, 0.3) is 0 Å². The summed E-state index contributed by atoms with van der Waals surface area (Å²) in [5.41, 5.74) is 0. The molecule has 1 aliphatic carbocycles. The molecule has 0 spiro atoms. The van der Waals surface area contributed by atoms with Crippen LogP contribution in [-0.2, 0) is 9.59 Å². The Hall–Kier alpha value is -0.900. The van der Waals surface area contributed by atoms with E-state index in [0.717, 1.165) is 51.7 Å². The lowest BCUT2D eigenvalue weighted by Gasteiger charge is -2.28. The van der Waals surface area contributed by atoms with E-state index in [1.54, 1.807) is 6.92 Å². The summed E-state index contributed by atoms with van der Waals surface area (Å²) in [4.78, 5) is 26.2. The Bertz CT molecular complexity index is 331. The monoisotopic (exact) mass is 296 g/mol. The average Bonchev–Trinajstić information content (AvgIpc) is 2.49. The van der Waals surface area contributed by atoms with Crippen molar-refractivity contribution in [2.45, 2.75) is 58.8 Å². The van der Waals surface area contributed by atoms with Gasteiger partial charge in [-0.2, -0.15) is 0 Å². The van der Waals surface area contributed by atoms with E-state index in [4.69, 9.17) is 0 Å². The summed E-state index contributed by atoms with van der Waals surface area (Å²) in [5.74, 6) is 0.125. The van der Waals surface area contributed by atoms with Gasteiger partial charge in [-0.25, -0.2) is 0 Å². The third kappa shape index (κ3) is 6.60. The van der Waals surface area contributed by atoms with Crippen LogP contribution in [0.3, 0.4) is 0 Å². The van der Waals surface area contributed by atoms with Crippen molar-refractivity contribution in [2.75, 3.05) is 26.7 Å². The minimum absolute atomic E-state index is 0.0500. The molecular formula is C17H32N2O2. The Morgan fingerprint density at radius 2 is 1.71 bits per heavy atom. The van der Waals surface area contributed by atoms with Crippen molar-refractivity contribution in [3.8, 4) is 0 Å². The molecule has 1 fully saturated rings. The van der Waals surface area contributed by atoms with Crippen molar-refractivity contribution in [1.82, 2.24) is 10.2 Å². The molecule has 0 heterocycles. The molecule has 4 heteroatoms. The lowest BCUT2D eigenvalue weighted by molar-refractivity contribution is -0.134. The Kier molecular flexibility index (Phi) is 8.58. The van der Waals surface area contributed by atoms with Crippen molar-refractivity contribution in [3.05, 3.63) is 0 Å². The molecule has 0 unspecified atom stereocenters. The quantitative estimate of drug-likeness (QED) is 0.665. The van der Waals surface area contributed by atoms with Crippen LogP contribution in [0.1, 0.15) is 58.8 Å². The molecule has 1 rings (SSSR count). The second kappa shape index (κ2) is 9.93. The van der Waals surface area contributed by atoms with Gasteiger partial charge >= 0.3 is 0 Å². The van der Waals surface area contributed by atoms with Crippen molar-refractivity contribution >= 4 is 11.7 Å². The van der Waals surface area contributed by atoms with Gasteiger partial charge in [0.1, 0.15) is 5.78 Å². The topological polar surface area (TPSA) is 49.4 Å². The summed E-state index contributed by atoms with van der Waals surface area (Å²) >= 11 is 0. The normalized spacial score (nSPS) is 22.3. The molecular weight excluding hydrogens is 264 g/mol.